The summed E-state index contributed by atoms with van der Waals surface area (Å²) in [6.45, 7) is 4.28. The van der Waals surface area contributed by atoms with Crippen molar-refractivity contribution in [3.63, 3.8) is 0 Å². The molecule has 3 heteroatoms. The highest BCUT2D eigenvalue weighted by atomic mass is 32.2. The third-order valence-electron chi connectivity index (χ3n) is 2.25. The molecule has 1 rings (SSSR count). The van der Waals surface area contributed by atoms with Crippen molar-refractivity contribution in [2.45, 2.75) is 24.8 Å². The Balaban J connectivity index is 2.50. The van der Waals surface area contributed by atoms with Crippen molar-refractivity contribution >= 4 is 11.8 Å². The smallest absolute Gasteiger partial charge is 0.0464 e. The standard InChI is InChI=1S/C12H19NOS/c1-9(7-14)8-15-12-5-3-11(4-6-12)10(2)13/h3-6,9-10,14H,7-8,13H2,1-2H3/t9?,10-/m0/s1. The van der Waals surface area contributed by atoms with E-state index >= 15 is 0 Å². The van der Waals surface area contributed by atoms with E-state index in [1.807, 2.05) is 13.8 Å². The predicted octanol–water partition coefficient (Wildman–Crippen LogP) is 2.43. The molecule has 84 valence electrons. The number of thioether (sulfide) groups is 1. The van der Waals surface area contributed by atoms with Crippen molar-refractivity contribution in [2.24, 2.45) is 11.7 Å². The Morgan fingerprint density at radius 1 is 1.27 bits per heavy atom. The molecule has 0 aliphatic carbocycles. The number of hydrogen-bond donors (Lipinski definition) is 2. The second kappa shape index (κ2) is 6.16. The fourth-order valence-corrected chi connectivity index (χ4v) is 2.07. The molecule has 0 aliphatic rings. The van der Waals surface area contributed by atoms with Crippen molar-refractivity contribution in [1.29, 1.82) is 0 Å². The van der Waals surface area contributed by atoms with E-state index in [0.717, 1.165) is 11.3 Å². The number of rotatable bonds is 5. The largest absolute Gasteiger partial charge is 0.396 e. The van der Waals surface area contributed by atoms with Crippen LogP contribution in [0.3, 0.4) is 0 Å². The maximum Gasteiger partial charge on any atom is 0.0464 e. The van der Waals surface area contributed by atoms with Gasteiger partial charge < -0.3 is 10.8 Å². The summed E-state index contributed by atoms with van der Waals surface area (Å²) in [4.78, 5) is 1.24. The van der Waals surface area contributed by atoms with Crippen molar-refractivity contribution in [1.82, 2.24) is 0 Å². The first-order valence-electron chi connectivity index (χ1n) is 5.22. The van der Waals surface area contributed by atoms with Gasteiger partial charge in [0.2, 0.25) is 0 Å². The lowest BCUT2D eigenvalue weighted by Gasteiger charge is -2.09. The molecule has 2 nitrogen and oxygen atoms in total. The topological polar surface area (TPSA) is 46.2 Å². The quantitative estimate of drug-likeness (QED) is 0.757. The van der Waals surface area contributed by atoms with Crippen LogP contribution < -0.4 is 5.73 Å². The second-order valence-electron chi connectivity index (χ2n) is 3.96. The highest BCUT2D eigenvalue weighted by molar-refractivity contribution is 7.99. The van der Waals surface area contributed by atoms with E-state index in [-0.39, 0.29) is 12.6 Å². The number of nitrogens with two attached hydrogens (primary N) is 1. The summed E-state index contributed by atoms with van der Waals surface area (Å²) in [5.41, 5.74) is 6.93. The van der Waals surface area contributed by atoms with Gasteiger partial charge >= 0.3 is 0 Å². The zero-order valence-electron chi connectivity index (χ0n) is 9.31. The van der Waals surface area contributed by atoms with Gasteiger partial charge in [0.05, 0.1) is 0 Å². The molecule has 1 aromatic carbocycles. The first-order valence-corrected chi connectivity index (χ1v) is 6.21. The maximum atomic E-state index is 8.90. The van der Waals surface area contributed by atoms with Crippen LogP contribution in [0.25, 0.3) is 0 Å². The molecule has 0 saturated heterocycles. The van der Waals surface area contributed by atoms with E-state index in [0.29, 0.717) is 5.92 Å². The Morgan fingerprint density at radius 2 is 1.87 bits per heavy atom. The van der Waals surface area contributed by atoms with Crippen LogP contribution in [0.15, 0.2) is 29.2 Å². The van der Waals surface area contributed by atoms with Gasteiger partial charge in [-0.05, 0) is 30.5 Å². The van der Waals surface area contributed by atoms with Crippen LogP contribution in [-0.4, -0.2) is 17.5 Å². The monoisotopic (exact) mass is 225 g/mol. The average Bonchev–Trinajstić information content (AvgIpc) is 2.26. The zero-order chi connectivity index (χ0) is 11.3. The van der Waals surface area contributed by atoms with E-state index in [4.69, 9.17) is 10.8 Å². The van der Waals surface area contributed by atoms with Crippen LogP contribution in [0.4, 0.5) is 0 Å². The Morgan fingerprint density at radius 3 is 2.33 bits per heavy atom. The number of aliphatic hydroxyl groups excluding tert-OH is 1. The van der Waals surface area contributed by atoms with Crippen LogP contribution in [0, 0.1) is 5.92 Å². The molecule has 1 unspecified atom stereocenters. The summed E-state index contributed by atoms with van der Waals surface area (Å²) >= 11 is 1.77. The minimum atomic E-state index is 0.0976. The van der Waals surface area contributed by atoms with E-state index in [2.05, 4.69) is 24.3 Å². The van der Waals surface area contributed by atoms with Crippen LogP contribution in [0.2, 0.25) is 0 Å². The molecule has 0 bridgehead atoms. The Kier molecular flexibility index (Phi) is 5.15. The van der Waals surface area contributed by atoms with Crippen LogP contribution in [0.5, 0.6) is 0 Å². The predicted molar refractivity (Wildman–Crippen MR) is 66.0 cm³/mol. The fraction of sp³-hybridized carbons (Fsp3) is 0.500. The van der Waals surface area contributed by atoms with Crippen LogP contribution in [0.1, 0.15) is 25.5 Å². The molecule has 0 saturated carbocycles. The van der Waals surface area contributed by atoms with Gasteiger partial charge in [0.15, 0.2) is 0 Å². The van der Waals surface area contributed by atoms with E-state index in [1.54, 1.807) is 11.8 Å². The van der Waals surface area contributed by atoms with Crippen molar-refractivity contribution < 1.29 is 5.11 Å². The summed E-state index contributed by atoms with van der Waals surface area (Å²) in [5, 5.41) is 8.90. The van der Waals surface area contributed by atoms with Gasteiger partial charge in [-0.2, -0.15) is 0 Å². The van der Waals surface area contributed by atoms with Crippen LogP contribution in [-0.2, 0) is 0 Å². The number of aliphatic hydroxyl groups is 1. The minimum Gasteiger partial charge on any atom is -0.396 e. The van der Waals surface area contributed by atoms with Crippen molar-refractivity contribution in [3.05, 3.63) is 29.8 Å². The summed E-state index contributed by atoms with van der Waals surface area (Å²) < 4.78 is 0. The third kappa shape index (κ3) is 4.24. The molecule has 0 spiro atoms. The number of hydrogen-bond acceptors (Lipinski definition) is 3. The molecule has 2 atom stereocenters. The second-order valence-corrected chi connectivity index (χ2v) is 5.05. The Bertz CT molecular complexity index is 284. The molecule has 0 aliphatic heterocycles. The highest BCUT2D eigenvalue weighted by Crippen LogP contribution is 2.22. The van der Waals surface area contributed by atoms with Gasteiger partial charge in [-0.25, -0.2) is 0 Å². The van der Waals surface area contributed by atoms with Gasteiger partial charge in [-0.3, -0.25) is 0 Å². The summed E-state index contributed by atoms with van der Waals surface area (Å²) in [6.07, 6.45) is 0. The lowest BCUT2D eigenvalue weighted by Crippen LogP contribution is -2.05. The first kappa shape index (κ1) is 12.6. The molecule has 0 radical (unpaired) electrons. The Hall–Kier alpha value is -0.510. The van der Waals surface area contributed by atoms with E-state index in [1.165, 1.54) is 4.90 Å². The van der Waals surface area contributed by atoms with Crippen molar-refractivity contribution in [3.8, 4) is 0 Å². The molecule has 0 amide bonds. The summed E-state index contributed by atoms with van der Waals surface area (Å²) in [5.74, 6) is 1.30. The molecule has 3 N–H and O–H groups in total. The molecule has 15 heavy (non-hydrogen) atoms. The van der Waals surface area contributed by atoms with Gasteiger partial charge in [0, 0.05) is 23.3 Å². The molecule has 1 aromatic rings. The molecule has 0 fully saturated rings. The number of benzene rings is 1. The SMILES string of the molecule is CC(CO)CSc1ccc([C@H](C)N)cc1. The van der Waals surface area contributed by atoms with Gasteiger partial charge in [-0.15, -0.1) is 11.8 Å². The first-order chi connectivity index (χ1) is 7.13. The third-order valence-corrected chi connectivity index (χ3v) is 3.59. The van der Waals surface area contributed by atoms with Gasteiger partial charge in [0.25, 0.3) is 0 Å². The van der Waals surface area contributed by atoms with E-state index in [9.17, 15) is 0 Å². The lowest BCUT2D eigenvalue weighted by atomic mass is 10.1. The molecular formula is C12H19NOS. The minimum absolute atomic E-state index is 0.0976. The summed E-state index contributed by atoms with van der Waals surface area (Å²) in [7, 11) is 0. The van der Waals surface area contributed by atoms with E-state index < -0.39 is 0 Å². The van der Waals surface area contributed by atoms with Gasteiger partial charge in [0.1, 0.15) is 0 Å². The Labute approximate surface area is 95.9 Å². The zero-order valence-corrected chi connectivity index (χ0v) is 10.1. The van der Waals surface area contributed by atoms with Crippen LogP contribution >= 0.6 is 11.8 Å². The maximum absolute atomic E-state index is 8.90. The average molecular weight is 225 g/mol. The molecule has 0 aromatic heterocycles. The highest BCUT2D eigenvalue weighted by Gasteiger charge is 2.02. The van der Waals surface area contributed by atoms with Gasteiger partial charge in [-0.1, -0.05) is 19.1 Å². The van der Waals surface area contributed by atoms with Crippen molar-refractivity contribution in [2.75, 3.05) is 12.4 Å². The molecule has 0 heterocycles. The normalized spacial score (nSPS) is 14.9. The lowest BCUT2D eigenvalue weighted by molar-refractivity contribution is 0.250. The molecular weight excluding hydrogens is 206 g/mol. The summed E-state index contributed by atoms with van der Waals surface area (Å²) in [6, 6.07) is 8.41. The fourth-order valence-electron chi connectivity index (χ4n) is 1.16.